The van der Waals surface area contributed by atoms with Gasteiger partial charge in [0.15, 0.2) is 0 Å². The van der Waals surface area contributed by atoms with Crippen molar-refractivity contribution >= 4 is 10.8 Å². The van der Waals surface area contributed by atoms with Crippen molar-refractivity contribution in [2.75, 3.05) is 0 Å². The van der Waals surface area contributed by atoms with E-state index in [4.69, 9.17) is 4.74 Å². The second-order valence-electron chi connectivity index (χ2n) is 14.8. The second kappa shape index (κ2) is 10.2. The molecule has 1 aliphatic heterocycles. The number of benzene rings is 8. The highest BCUT2D eigenvalue weighted by Gasteiger charge is 2.52. The molecule has 0 fully saturated rings. The smallest absolute Gasteiger partial charge is 0.131 e. The Morgan fingerprint density at radius 2 is 0.922 bits per heavy atom. The fraction of sp³-hybridized carbons (Fsp3) is 0.0800. The van der Waals surface area contributed by atoms with Crippen LogP contribution in [0.1, 0.15) is 47.2 Å². The Hall–Kier alpha value is -6.18. The summed E-state index contributed by atoms with van der Waals surface area (Å²) in [5.41, 5.74) is 17.5. The number of hydrogen-bond donors (Lipinski definition) is 0. The van der Waals surface area contributed by atoms with Crippen LogP contribution in [0.25, 0.3) is 55.3 Å². The number of para-hydroxylation sites is 1. The summed E-state index contributed by atoms with van der Waals surface area (Å²) in [6.45, 7) is 4.62. The third-order valence-electron chi connectivity index (χ3n) is 11.9. The van der Waals surface area contributed by atoms with Gasteiger partial charge in [-0.2, -0.15) is 0 Å². The lowest BCUT2D eigenvalue weighted by Crippen LogP contribution is -2.25. The van der Waals surface area contributed by atoms with Gasteiger partial charge < -0.3 is 4.74 Å². The maximum atomic E-state index is 6.46. The van der Waals surface area contributed by atoms with Crippen LogP contribution >= 0.6 is 0 Å². The molecule has 0 saturated carbocycles. The number of fused-ring (bicyclic) bond motifs is 13. The molecule has 1 atom stereocenters. The molecule has 1 spiro atoms. The van der Waals surface area contributed by atoms with Crippen LogP contribution < -0.4 is 4.74 Å². The van der Waals surface area contributed by atoms with Gasteiger partial charge in [-0.1, -0.05) is 153 Å². The summed E-state index contributed by atoms with van der Waals surface area (Å²) in [7, 11) is 0. The minimum Gasteiger partial charge on any atom is -0.457 e. The van der Waals surface area contributed by atoms with Gasteiger partial charge in [0.25, 0.3) is 0 Å². The van der Waals surface area contributed by atoms with Gasteiger partial charge in [0.05, 0.1) is 5.41 Å². The molecule has 1 unspecified atom stereocenters. The Kier molecular flexibility index (Phi) is 5.72. The van der Waals surface area contributed by atoms with Crippen molar-refractivity contribution in [3.63, 3.8) is 0 Å². The Labute approximate surface area is 298 Å². The van der Waals surface area contributed by atoms with Gasteiger partial charge >= 0.3 is 0 Å². The van der Waals surface area contributed by atoms with E-state index in [1.165, 1.54) is 88.7 Å². The van der Waals surface area contributed by atoms with Crippen molar-refractivity contribution in [3.8, 4) is 56.0 Å². The van der Waals surface area contributed by atoms with Crippen LogP contribution in [-0.2, 0) is 10.8 Å². The summed E-state index contributed by atoms with van der Waals surface area (Å²) < 4.78 is 6.46. The first-order chi connectivity index (χ1) is 25.0. The topological polar surface area (TPSA) is 9.23 Å². The van der Waals surface area contributed by atoms with E-state index in [1.807, 2.05) is 0 Å². The minimum absolute atomic E-state index is 0.193. The Morgan fingerprint density at radius 1 is 0.353 bits per heavy atom. The van der Waals surface area contributed by atoms with E-state index >= 15 is 0 Å². The third kappa shape index (κ3) is 3.71. The third-order valence-corrected chi connectivity index (χ3v) is 11.9. The van der Waals surface area contributed by atoms with E-state index in [0.29, 0.717) is 0 Å². The van der Waals surface area contributed by atoms with Crippen LogP contribution in [0.15, 0.2) is 170 Å². The molecular weight excluding hydrogens is 617 g/mol. The molecule has 1 heteroatoms. The van der Waals surface area contributed by atoms with E-state index < -0.39 is 5.41 Å². The zero-order valence-electron chi connectivity index (χ0n) is 28.6. The van der Waals surface area contributed by atoms with Crippen molar-refractivity contribution in [3.05, 3.63) is 203 Å². The highest BCUT2D eigenvalue weighted by molar-refractivity contribution is 6.04. The van der Waals surface area contributed by atoms with Crippen molar-refractivity contribution in [2.24, 2.45) is 0 Å². The maximum Gasteiger partial charge on any atom is 0.131 e. The average molecular weight is 651 g/mol. The Balaban J connectivity index is 1.16. The fourth-order valence-electron chi connectivity index (χ4n) is 9.68. The van der Waals surface area contributed by atoms with Crippen LogP contribution in [0.3, 0.4) is 0 Å². The van der Waals surface area contributed by atoms with Gasteiger partial charge in [0, 0.05) is 16.5 Å². The first-order valence-corrected chi connectivity index (χ1v) is 17.9. The highest BCUT2D eigenvalue weighted by Crippen LogP contribution is 2.64. The minimum atomic E-state index is -0.409. The summed E-state index contributed by atoms with van der Waals surface area (Å²) in [5, 5.41) is 2.55. The molecule has 51 heavy (non-hydrogen) atoms. The fourth-order valence-corrected chi connectivity index (χ4v) is 9.68. The molecule has 0 radical (unpaired) electrons. The molecule has 0 amide bonds. The SMILES string of the molecule is CC1(C)c2ccccc2Oc2ccc(-c3ccccc3-c3cccc4c3-c3ccccc3C43c4ccccc4-c4cc5ccccc5cc43)cc21. The molecule has 1 nitrogen and oxygen atoms in total. The molecule has 1 heterocycles. The first kappa shape index (κ1) is 28.6. The number of hydrogen-bond acceptors (Lipinski definition) is 1. The average Bonchev–Trinajstić information content (AvgIpc) is 3.64. The predicted molar refractivity (Wildman–Crippen MR) is 210 cm³/mol. The van der Waals surface area contributed by atoms with Gasteiger partial charge in [0.1, 0.15) is 11.5 Å². The quantitative estimate of drug-likeness (QED) is 0.181. The highest BCUT2D eigenvalue weighted by atomic mass is 16.5. The molecule has 240 valence electrons. The lowest BCUT2D eigenvalue weighted by atomic mass is 9.70. The van der Waals surface area contributed by atoms with E-state index in [-0.39, 0.29) is 5.41 Å². The van der Waals surface area contributed by atoms with Crippen LogP contribution in [0.2, 0.25) is 0 Å². The summed E-state index contributed by atoms with van der Waals surface area (Å²) in [6, 6.07) is 63.0. The molecular formula is C50H34O. The molecule has 11 rings (SSSR count). The second-order valence-corrected chi connectivity index (χ2v) is 14.8. The van der Waals surface area contributed by atoms with E-state index in [2.05, 4.69) is 184 Å². The Bertz CT molecular complexity index is 2770. The van der Waals surface area contributed by atoms with Crippen molar-refractivity contribution < 1.29 is 4.74 Å². The zero-order valence-corrected chi connectivity index (χ0v) is 28.6. The summed E-state index contributed by atoms with van der Waals surface area (Å²) in [5.74, 6) is 1.88. The summed E-state index contributed by atoms with van der Waals surface area (Å²) >= 11 is 0. The largest absolute Gasteiger partial charge is 0.457 e. The molecule has 8 aromatic carbocycles. The van der Waals surface area contributed by atoms with E-state index in [1.54, 1.807) is 0 Å². The van der Waals surface area contributed by atoms with Gasteiger partial charge in [0.2, 0.25) is 0 Å². The Morgan fingerprint density at radius 3 is 1.73 bits per heavy atom. The molecule has 2 aliphatic carbocycles. The van der Waals surface area contributed by atoms with Crippen LogP contribution in [0, 0.1) is 0 Å². The molecule has 0 N–H and O–H groups in total. The number of rotatable bonds is 2. The van der Waals surface area contributed by atoms with E-state index in [0.717, 1.165) is 11.5 Å². The normalized spacial score (nSPS) is 16.8. The van der Waals surface area contributed by atoms with Crippen LogP contribution in [0.5, 0.6) is 11.5 Å². The molecule has 0 aromatic heterocycles. The zero-order chi connectivity index (χ0) is 33.9. The van der Waals surface area contributed by atoms with Crippen molar-refractivity contribution in [2.45, 2.75) is 24.7 Å². The standard InChI is InChI=1S/C50H34O/c1-49(2)42-23-11-12-25-46(42)51-47-27-26-33(30-45(47)49)34-16-5-6-17-35(34)37-20-13-24-43-48(37)38-19-8-10-22-41(38)50(43)40-21-9-7-18-36(40)39-28-31-14-3-4-15-32(31)29-44(39)50/h3-30H,1-2H3. The van der Waals surface area contributed by atoms with Crippen LogP contribution in [0.4, 0.5) is 0 Å². The number of ether oxygens (including phenoxy) is 1. The predicted octanol–water partition coefficient (Wildman–Crippen LogP) is 12.9. The molecule has 0 saturated heterocycles. The maximum absolute atomic E-state index is 6.46. The van der Waals surface area contributed by atoms with Gasteiger partial charge in [-0.3, -0.25) is 0 Å². The lowest BCUT2D eigenvalue weighted by Gasteiger charge is -2.34. The summed E-state index contributed by atoms with van der Waals surface area (Å²) in [6.07, 6.45) is 0. The van der Waals surface area contributed by atoms with Gasteiger partial charge in [-0.15, -0.1) is 0 Å². The molecule has 0 bridgehead atoms. The van der Waals surface area contributed by atoms with Crippen molar-refractivity contribution in [1.82, 2.24) is 0 Å². The van der Waals surface area contributed by atoms with Gasteiger partial charge in [-0.25, -0.2) is 0 Å². The molecule has 8 aromatic rings. The molecule has 3 aliphatic rings. The monoisotopic (exact) mass is 650 g/mol. The van der Waals surface area contributed by atoms with Crippen LogP contribution in [-0.4, -0.2) is 0 Å². The lowest BCUT2D eigenvalue weighted by molar-refractivity contribution is 0.418. The first-order valence-electron chi connectivity index (χ1n) is 17.9. The summed E-state index contributed by atoms with van der Waals surface area (Å²) in [4.78, 5) is 0. The van der Waals surface area contributed by atoms with E-state index in [9.17, 15) is 0 Å². The van der Waals surface area contributed by atoms with Crippen molar-refractivity contribution in [1.29, 1.82) is 0 Å². The van der Waals surface area contributed by atoms with Gasteiger partial charge in [-0.05, 0) is 108 Å².